The number of carbonyl (C=O) groups is 1. The van der Waals surface area contributed by atoms with Crippen LogP contribution in [0.2, 0.25) is 0 Å². The highest BCUT2D eigenvalue weighted by atomic mass is 32.2. The fourth-order valence-corrected chi connectivity index (χ4v) is 1.09. The zero-order valence-electron chi connectivity index (χ0n) is 5.90. The number of nitrogens with zero attached hydrogens (tertiary/aromatic N) is 2. The van der Waals surface area contributed by atoms with Crippen LogP contribution in [0.15, 0.2) is 17.8 Å². The van der Waals surface area contributed by atoms with E-state index in [1.165, 1.54) is 22.8 Å². The van der Waals surface area contributed by atoms with Crippen molar-refractivity contribution < 1.29 is 9.53 Å². The van der Waals surface area contributed by atoms with E-state index in [0.29, 0.717) is 5.88 Å². The van der Waals surface area contributed by atoms with E-state index < -0.39 is 6.09 Å². The molecule has 11 heavy (non-hydrogen) atoms. The van der Waals surface area contributed by atoms with Gasteiger partial charge in [-0.1, -0.05) is 24.4 Å². The van der Waals surface area contributed by atoms with E-state index in [1.807, 2.05) is 0 Å². The van der Waals surface area contributed by atoms with Crippen molar-refractivity contribution in [2.45, 2.75) is 0 Å². The monoisotopic (exact) mass is 172 g/mol. The summed E-state index contributed by atoms with van der Waals surface area (Å²) in [6, 6.07) is 0. The van der Waals surface area contributed by atoms with E-state index in [0.717, 1.165) is 0 Å². The number of hydrogen-bond acceptors (Lipinski definition) is 4. The van der Waals surface area contributed by atoms with Crippen LogP contribution >= 0.6 is 11.8 Å². The number of hydrazone groups is 1. The third-order valence-corrected chi connectivity index (χ3v) is 1.63. The van der Waals surface area contributed by atoms with Gasteiger partial charge in [0.15, 0.2) is 0 Å². The number of amides is 1. The van der Waals surface area contributed by atoms with E-state index in [4.69, 9.17) is 4.74 Å². The van der Waals surface area contributed by atoms with Crippen LogP contribution in [0.25, 0.3) is 0 Å². The van der Waals surface area contributed by atoms with Gasteiger partial charge in [0, 0.05) is 0 Å². The molecule has 0 fully saturated rings. The standard InChI is InChI=1S/C6H8N2O2S/c1-2-3-10-6(9)8-5-11-4-7-8/h2,4H,1,3,5H2. The Morgan fingerprint density at radius 1 is 2.00 bits per heavy atom. The molecule has 0 bridgehead atoms. The molecule has 0 spiro atoms. The molecule has 0 aromatic heterocycles. The van der Waals surface area contributed by atoms with E-state index in [2.05, 4.69) is 11.7 Å². The Kier molecular flexibility index (Phi) is 2.97. The highest BCUT2D eigenvalue weighted by Gasteiger charge is 2.15. The smallest absolute Gasteiger partial charge is 0.431 e. The molecule has 0 N–H and O–H groups in total. The number of hydrogen-bond donors (Lipinski definition) is 0. The van der Waals surface area contributed by atoms with Crippen LogP contribution in [0.4, 0.5) is 4.79 Å². The molecule has 0 saturated carbocycles. The number of ether oxygens (including phenoxy) is 1. The van der Waals surface area contributed by atoms with E-state index >= 15 is 0 Å². The summed E-state index contributed by atoms with van der Waals surface area (Å²) in [5.41, 5.74) is 1.61. The fourth-order valence-electron chi connectivity index (χ4n) is 0.532. The zero-order chi connectivity index (χ0) is 8.10. The molecule has 4 nitrogen and oxygen atoms in total. The average molecular weight is 172 g/mol. The maximum atomic E-state index is 10.9. The second-order valence-electron chi connectivity index (χ2n) is 1.78. The predicted molar refractivity (Wildman–Crippen MR) is 44.3 cm³/mol. The van der Waals surface area contributed by atoms with Gasteiger partial charge in [0.05, 0.1) is 11.4 Å². The summed E-state index contributed by atoms with van der Waals surface area (Å²) in [6.07, 6.45) is 1.09. The molecule has 1 amide bonds. The molecule has 1 aliphatic heterocycles. The largest absolute Gasteiger partial charge is 0.444 e. The predicted octanol–water partition coefficient (Wildman–Crippen LogP) is 1.26. The second kappa shape index (κ2) is 4.02. The highest BCUT2D eigenvalue weighted by Crippen LogP contribution is 2.10. The van der Waals surface area contributed by atoms with Crippen LogP contribution < -0.4 is 0 Å². The molecule has 1 heterocycles. The minimum Gasteiger partial charge on any atom is -0.444 e. The zero-order valence-corrected chi connectivity index (χ0v) is 6.71. The van der Waals surface area contributed by atoms with Crippen molar-refractivity contribution in [2.24, 2.45) is 5.10 Å². The van der Waals surface area contributed by atoms with Crippen LogP contribution in [-0.4, -0.2) is 29.1 Å². The number of thioether (sulfide) groups is 1. The van der Waals surface area contributed by atoms with Crippen LogP contribution in [0, 0.1) is 0 Å². The molecule has 1 aliphatic rings. The van der Waals surface area contributed by atoms with Gasteiger partial charge in [-0.2, -0.15) is 10.1 Å². The quantitative estimate of drug-likeness (QED) is 0.589. The molecule has 0 aliphatic carbocycles. The third kappa shape index (κ3) is 2.27. The SMILES string of the molecule is C=CCOC(=O)N1CSC=N1. The Morgan fingerprint density at radius 2 is 2.82 bits per heavy atom. The Bertz CT molecular complexity index is 193. The summed E-state index contributed by atoms with van der Waals surface area (Å²) in [4.78, 5) is 10.9. The van der Waals surface area contributed by atoms with E-state index in [9.17, 15) is 4.79 Å². The molecule has 5 heteroatoms. The van der Waals surface area contributed by atoms with Gasteiger partial charge < -0.3 is 4.74 Å². The molecular formula is C6H8N2O2S. The lowest BCUT2D eigenvalue weighted by molar-refractivity contribution is 0.122. The molecule has 0 saturated heterocycles. The van der Waals surface area contributed by atoms with Crippen molar-refractivity contribution in [3.05, 3.63) is 12.7 Å². The highest BCUT2D eigenvalue weighted by molar-refractivity contribution is 8.12. The molecule has 0 radical (unpaired) electrons. The van der Waals surface area contributed by atoms with E-state index in [-0.39, 0.29) is 6.61 Å². The van der Waals surface area contributed by atoms with Crippen LogP contribution in [-0.2, 0) is 4.74 Å². The minimum atomic E-state index is -0.425. The number of carbonyl (C=O) groups excluding carboxylic acids is 1. The van der Waals surface area contributed by atoms with Crippen LogP contribution in [0.1, 0.15) is 0 Å². The Morgan fingerprint density at radius 3 is 3.36 bits per heavy atom. The lowest BCUT2D eigenvalue weighted by atomic mass is 10.7. The van der Waals surface area contributed by atoms with Gasteiger partial charge in [0.2, 0.25) is 0 Å². The second-order valence-corrected chi connectivity index (χ2v) is 2.58. The van der Waals surface area contributed by atoms with Gasteiger partial charge in [0.25, 0.3) is 0 Å². The van der Waals surface area contributed by atoms with Crippen LogP contribution in [0.5, 0.6) is 0 Å². The van der Waals surface area contributed by atoms with Gasteiger partial charge in [-0.15, -0.1) is 0 Å². The molecule has 0 atom stereocenters. The minimum absolute atomic E-state index is 0.232. The maximum Gasteiger partial charge on any atom is 0.431 e. The number of rotatable bonds is 2. The van der Waals surface area contributed by atoms with Crippen molar-refractivity contribution in [3.63, 3.8) is 0 Å². The van der Waals surface area contributed by atoms with Crippen molar-refractivity contribution in [3.8, 4) is 0 Å². The first-order valence-electron chi connectivity index (χ1n) is 3.04. The van der Waals surface area contributed by atoms with Gasteiger partial charge >= 0.3 is 6.09 Å². The Hall–Kier alpha value is -0.970. The molecule has 0 aromatic rings. The third-order valence-electron chi connectivity index (χ3n) is 0.993. The van der Waals surface area contributed by atoms with E-state index in [1.54, 1.807) is 5.55 Å². The van der Waals surface area contributed by atoms with Crippen molar-refractivity contribution >= 4 is 23.4 Å². The summed E-state index contributed by atoms with van der Waals surface area (Å²) in [5, 5.41) is 5.01. The molecule has 60 valence electrons. The summed E-state index contributed by atoms with van der Waals surface area (Å²) in [5.74, 6) is 0.538. The first-order valence-corrected chi connectivity index (χ1v) is 4.08. The van der Waals surface area contributed by atoms with Gasteiger partial charge in [-0.3, -0.25) is 0 Å². The summed E-state index contributed by atoms with van der Waals surface area (Å²) in [7, 11) is 0. The summed E-state index contributed by atoms with van der Waals surface area (Å²) >= 11 is 1.45. The Labute approximate surface area is 68.9 Å². The van der Waals surface area contributed by atoms with Crippen molar-refractivity contribution in [1.29, 1.82) is 0 Å². The topological polar surface area (TPSA) is 41.9 Å². The Balaban J connectivity index is 2.29. The molecular weight excluding hydrogens is 164 g/mol. The summed E-state index contributed by atoms with van der Waals surface area (Å²) in [6.45, 7) is 3.65. The van der Waals surface area contributed by atoms with Gasteiger partial charge in [0.1, 0.15) is 6.61 Å². The van der Waals surface area contributed by atoms with Crippen molar-refractivity contribution in [1.82, 2.24) is 5.01 Å². The fraction of sp³-hybridized carbons (Fsp3) is 0.333. The van der Waals surface area contributed by atoms with Crippen LogP contribution in [0.3, 0.4) is 0 Å². The molecule has 1 rings (SSSR count). The first kappa shape index (κ1) is 8.13. The maximum absolute atomic E-state index is 10.9. The normalized spacial score (nSPS) is 15.1. The van der Waals surface area contributed by atoms with Gasteiger partial charge in [-0.25, -0.2) is 4.79 Å². The summed E-state index contributed by atoms with van der Waals surface area (Å²) < 4.78 is 4.72. The lowest BCUT2D eigenvalue weighted by Gasteiger charge is -2.09. The van der Waals surface area contributed by atoms with Crippen molar-refractivity contribution in [2.75, 3.05) is 12.5 Å². The van der Waals surface area contributed by atoms with Gasteiger partial charge in [-0.05, 0) is 0 Å². The first-order chi connectivity index (χ1) is 5.34. The lowest BCUT2D eigenvalue weighted by Crippen LogP contribution is -2.23. The molecule has 0 aromatic carbocycles. The average Bonchev–Trinajstić information content (AvgIpc) is 2.52. The molecule has 0 unspecified atom stereocenters.